The molecule has 150 valence electrons. The average molecular weight is 455 g/mol. The van der Waals surface area contributed by atoms with Crippen LogP contribution >= 0.6 is 15.9 Å². The monoisotopic (exact) mass is 454 g/mol. The van der Waals surface area contributed by atoms with Crippen molar-refractivity contribution in [2.75, 3.05) is 13.7 Å². The summed E-state index contributed by atoms with van der Waals surface area (Å²) in [6, 6.07) is 20.6. The van der Waals surface area contributed by atoms with Crippen LogP contribution in [0.4, 0.5) is 0 Å². The lowest BCUT2D eigenvalue weighted by Crippen LogP contribution is -2.48. The van der Waals surface area contributed by atoms with E-state index in [9.17, 15) is 9.59 Å². The van der Waals surface area contributed by atoms with Gasteiger partial charge in [0.15, 0.2) is 6.61 Å². The van der Waals surface area contributed by atoms with E-state index in [2.05, 4.69) is 21.2 Å². The zero-order chi connectivity index (χ0) is 20.8. The van der Waals surface area contributed by atoms with Gasteiger partial charge in [-0.2, -0.15) is 0 Å². The Kier molecular flexibility index (Phi) is 6.88. The van der Waals surface area contributed by atoms with Gasteiger partial charge in [-0.3, -0.25) is 9.59 Å². The Labute approximate surface area is 178 Å². The number of ether oxygens (including phenoxy) is 1. The first kappa shape index (κ1) is 20.9. The fourth-order valence-electron chi connectivity index (χ4n) is 3.17. The highest BCUT2D eigenvalue weighted by molar-refractivity contribution is 9.10. The van der Waals surface area contributed by atoms with Crippen LogP contribution < -0.4 is 10.1 Å². The van der Waals surface area contributed by atoms with Gasteiger partial charge in [-0.25, -0.2) is 0 Å². The fourth-order valence-corrected chi connectivity index (χ4v) is 3.61. The molecule has 0 fully saturated rings. The third-order valence-corrected chi connectivity index (χ3v) is 5.25. The number of nitrogens with one attached hydrogen (secondary N) is 1. The van der Waals surface area contributed by atoms with Gasteiger partial charge in [-0.05, 0) is 36.1 Å². The molecule has 3 aromatic rings. The first-order chi connectivity index (χ1) is 14.0. The number of rotatable bonds is 7. The van der Waals surface area contributed by atoms with Crippen LogP contribution in [0, 0.1) is 0 Å². The summed E-state index contributed by atoms with van der Waals surface area (Å²) in [6.45, 7) is 1.88. The number of fused-ring (bicyclic) bond motifs is 1. The molecule has 0 saturated heterocycles. The first-order valence-electron chi connectivity index (χ1n) is 9.35. The molecule has 1 unspecified atom stereocenters. The molecule has 1 atom stereocenters. The Bertz CT molecular complexity index is 1020. The maximum absolute atomic E-state index is 13.0. The molecule has 0 aliphatic rings. The molecule has 0 aromatic heterocycles. The van der Waals surface area contributed by atoms with Gasteiger partial charge < -0.3 is 15.0 Å². The van der Waals surface area contributed by atoms with Crippen LogP contribution in [0.1, 0.15) is 12.5 Å². The zero-order valence-electron chi connectivity index (χ0n) is 16.4. The van der Waals surface area contributed by atoms with Crippen LogP contribution in [0.3, 0.4) is 0 Å². The van der Waals surface area contributed by atoms with E-state index in [1.54, 1.807) is 14.0 Å². The second-order valence-electron chi connectivity index (χ2n) is 6.71. The van der Waals surface area contributed by atoms with Crippen LogP contribution in [0.2, 0.25) is 0 Å². The highest BCUT2D eigenvalue weighted by atomic mass is 79.9. The third-order valence-electron chi connectivity index (χ3n) is 4.76. The first-order valence-corrected chi connectivity index (χ1v) is 10.1. The molecule has 3 rings (SSSR count). The summed E-state index contributed by atoms with van der Waals surface area (Å²) in [6.07, 6.45) is 0. The van der Waals surface area contributed by atoms with Gasteiger partial charge in [0.2, 0.25) is 5.91 Å². The van der Waals surface area contributed by atoms with Crippen molar-refractivity contribution in [2.24, 2.45) is 0 Å². The van der Waals surface area contributed by atoms with Gasteiger partial charge in [0.25, 0.3) is 5.91 Å². The molecule has 5 nitrogen and oxygen atoms in total. The molecular weight excluding hydrogens is 432 g/mol. The second kappa shape index (κ2) is 9.56. The lowest BCUT2D eigenvalue weighted by Gasteiger charge is -2.28. The molecule has 0 aliphatic heterocycles. The quantitative estimate of drug-likeness (QED) is 0.583. The van der Waals surface area contributed by atoms with Gasteiger partial charge in [-0.1, -0.05) is 64.5 Å². The van der Waals surface area contributed by atoms with Crippen LogP contribution in [-0.2, 0) is 16.1 Å². The molecular formula is C23H23BrN2O3. The lowest BCUT2D eigenvalue weighted by molar-refractivity contribution is -0.142. The maximum Gasteiger partial charge on any atom is 0.261 e. The number of halogens is 1. The van der Waals surface area contributed by atoms with E-state index in [0.29, 0.717) is 12.3 Å². The molecule has 29 heavy (non-hydrogen) atoms. The minimum absolute atomic E-state index is 0.149. The fraction of sp³-hybridized carbons (Fsp3) is 0.217. The number of hydrogen-bond donors (Lipinski definition) is 1. The summed E-state index contributed by atoms with van der Waals surface area (Å²) < 4.78 is 6.77. The topological polar surface area (TPSA) is 58.6 Å². The van der Waals surface area contributed by atoms with Gasteiger partial charge >= 0.3 is 0 Å². The van der Waals surface area contributed by atoms with E-state index in [0.717, 1.165) is 20.8 Å². The number of nitrogens with zero attached hydrogens (tertiary/aromatic N) is 1. The van der Waals surface area contributed by atoms with Crippen molar-refractivity contribution in [3.63, 3.8) is 0 Å². The molecule has 0 heterocycles. The summed E-state index contributed by atoms with van der Waals surface area (Å²) in [5.74, 6) is 0.166. The van der Waals surface area contributed by atoms with E-state index in [1.807, 2.05) is 66.7 Å². The summed E-state index contributed by atoms with van der Waals surface area (Å²) in [7, 11) is 1.56. The van der Waals surface area contributed by atoms with Gasteiger partial charge in [0.1, 0.15) is 11.8 Å². The van der Waals surface area contributed by atoms with E-state index in [-0.39, 0.29) is 18.4 Å². The molecule has 0 saturated carbocycles. The van der Waals surface area contributed by atoms with Crippen molar-refractivity contribution in [3.8, 4) is 5.75 Å². The minimum atomic E-state index is -0.623. The number of amides is 2. The van der Waals surface area contributed by atoms with Crippen LogP contribution in [-0.4, -0.2) is 36.4 Å². The smallest absolute Gasteiger partial charge is 0.261 e. The van der Waals surface area contributed by atoms with Gasteiger partial charge in [0, 0.05) is 23.5 Å². The van der Waals surface area contributed by atoms with Crippen molar-refractivity contribution >= 4 is 38.5 Å². The van der Waals surface area contributed by atoms with E-state index in [1.165, 1.54) is 4.90 Å². The highest BCUT2D eigenvalue weighted by Gasteiger charge is 2.26. The van der Waals surface area contributed by atoms with E-state index in [4.69, 9.17) is 4.74 Å². The number of carbonyl (C=O) groups is 2. The molecule has 6 heteroatoms. The Morgan fingerprint density at radius 2 is 1.79 bits per heavy atom. The van der Waals surface area contributed by atoms with Crippen LogP contribution in [0.15, 0.2) is 71.2 Å². The average Bonchev–Trinajstić information content (AvgIpc) is 2.74. The molecule has 1 N–H and O–H groups in total. The molecule has 0 bridgehead atoms. The van der Waals surface area contributed by atoms with Crippen molar-refractivity contribution in [3.05, 3.63) is 76.8 Å². The SMILES string of the molecule is CNC(=O)C(C)N(Cc1cccc(Br)c1)C(=O)COc1cccc2ccccc12. The Hall–Kier alpha value is -2.86. The normalized spacial score (nSPS) is 11.7. The lowest BCUT2D eigenvalue weighted by atomic mass is 10.1. The maximum atomic E-state index is 13.0. The van der Waals surface area contributed by atoms with Crippen molar-refractivity contribution < 1.29 is 14.3 Å². The van der Waals surface area contributed by atoms with E-state index < -0.39 is 6.04 Å². The standard InChI is InChI=1S/C23H23BrN2O3/c1-16(23(28)25-2)26(14-17-7-5-10-19(24)13-17)22(27)15-29-21-12-6-9-18-8-3-4-11-20(18)21/h3-13,16H,14-15H2,1-2H3,(H,25,28). The van der Waals surface area contributed by atoms with Crippen molar-refractivity contribution in [2.45, 2.75) is 19.5 Å². The number of carbonyl (C=O) groups excluding carboxylic acids is 2. The number of hydrogen-bond acceptors (Lipinski definition) is 3. The minimum Gasteiger partial charge on any atom is -0.483 e. The zero-order valence-corrected chi connectivity index (χ0v) is 18.0. The summed E-state index contributed by atoms with van der Waals surface area (Å²) in [5, 5.41) is 4.60. The van der Waals surface area contributed by atoms with Crippen molar-refractivity contribution in [1.82, 2.24) is 10.2 Å². The third kappa shape index (κ3) is 5.15. The Morgan fingerprint density at radius 3 is 2.55 bits per heavy atom. The summed E-state index contributed by atoms with van der Waals surface area (Å²) in [4.78, 5) is 26.8. The van der Waals surface area contributed by atoms with Crippen LogP contribution in [0.5, 0.6) is 5.75 Å². The van der Waals surface area contributed by atoms with Gasteiger partial charge in [-0.15, -0.1) is 0 Å². The second-order valence-corrected chi connectivity index (χ2v) is 7.62. The Morgan fingerprint density at radius 1 is 1.07 bits per heavy atom. The highest BCUT2D eigenvalue weighted by Crippen LogP contribution is 2.25. The number of benzene rings is 3. The predicted molar refractivity (Wildman–Crippen MR) is 118 cm³/mol. The van der Waals surface area contributed by atoms with Crippen LogP contribution in [0.25, 0.3) is 10.8 Å². The number of likely N-dealkylation sites (N-methyl/N-ethyl adjacent to an activating group) is 1. The van der Waals surface area contributed by atoms with Gasteiger partial charge in [0.05, 0.1) is 0 Å². The predicted octanol–water partition coefficient (Wildman–Crippen LogP) is 4.14. The summed E-state index contributed by atoms with van der Waals surface area (Å²) in [5.41, 5.74) is 0.925. The van der Waals surface area contributed by atoms with E-state index >= 15 is 0 Å². The molecule has 0 spiro atoms. The molecule has 0 radical (unpaired) electrons. The largest absolute Gasteiger partial charge is 0.483 e. The molecule has 0 aliphatic carbocycles. The molecule has 2 amide bonds. The van der Waals surface area contributed by atoms with Crippen molar-refractivity contribution in [1.29, 1.82) is 0 Å². The summed E-state index contributed by atoms with van der Waals surface area (Å²) >= 11 is 3.45. The molecule has 3 aromatic carbocycles. The Balaban J connectivity index is 1.79.